The molecule has 176 valence electrons. The number of hydroxylamine groups is 1. The largest absolute Gasteiger partial charge is 0.484 e. The van der Waals surface area contributed by atoms with Crippen LogP contribution in [0.5, 0.6) is 5.75 Å². The Morgan fingerprint density at radius 2 is 1.75 bits per heavy atom. The van der Waals surface area contributed by atoms with Gasteiger partial charge in [-0.25, -0.2) is 9.87 Å². The standard InChI is InChI=1S/C19H20F4N2O4.O2S/c1-18(2,17(27)24-28)7-8-25-10-15(20)14(9-16(25)26)12-3-5-13(6-4-12)29-11-19(21,22)23;1-3-2/h3-6,9-10,28H,7-8,11H2,1-2H3,(H,24,27);. The molecule has 0 saturated heterocycles. The number of nitrogens with one attached hydrogen (secondary N) is 1. The van der Waals surface area contributed by atoms with Crippen molar-refractivity contribution in [3.8, 4) is 16.9 Å². The summed E-state index contributed by atoms with van der Waals surface area (Å²) in [7, 11) is 0. The zero-order valence-electron chi connectivity index (χ0n) is 16.9. The van der Waals surface area contributed by atoms with Crippen LogP contribution in [0.3, 0.4) is 0 Å². The first-order valence-corrected chi connectivity index (χ1v) is 9.57. The molecule has 8 nitrogen and oxygen atoms in total. The summed E-state index contributed by atoms with van der Waals surface area (Å²) < 4.78 is 73.3. The van der Waals surface area contributed by atoms with Crippen LogP contribution in [-0.4, -0.2) is 36.9 Å². The number of hydrogen-bond donors (Lipinski definition) is 2. The highest BCUT2D eigenvalue weighted by Crippen LogP contribution is 2.26. The third-order valence-corrected chi connectivity index (χ3v) is 4.34. The van der Waals surface area contributed by atoms with Crippen LogP contribution < -0.4 is 15.8 Å². The first-order chi connectivity index (χ1) is 14.8. The van der Waals surface area contributed by atoms with E-state index in [4.69, 9.17) is 13.6 Å². The summed E-state index contributed by atoms with van der Waals surface area (Å²) in [6.45, 7) is 1.73. The Bertz CT molecular complexity index is 1020. The Labute approximate surface area is 183 Å². The monoisotopic (exact) mass is 480 g/mol. The van der Waals surface area contributed by atoms with Crippen molar-refractivity contribution in [1.82, 2.24) is 10.0 Å². The number of benzene rings is 1. The summed E-state index contributed by atoms with van der Waals surface area (Å²) in [4.78, 5) is 23.9. The van der Waals surface area contributed by atoms with Crippen molar-refractivity contribution in [2.24, 2.45) is 5.41 Å². The van der Waals surface area contributed by atoms with E-state index in [2.05, 4.69) is 4.74 Å². The van der Waals surface area contributed by atoms with E-state index >= 15 is 0 Å². The van der Waals surface area contributed by atoms with E-state index in [0.717, 1.165) is 16.8 Å². The van der Waals surface area contributed by atoms with E-state index in [1.165, 1.54) is 24.3 Å². The maximum absolute atomic E-state index is 14.5. The van der Waals surface area contributed by atoms with Crippen molar-refractivity contribution in [3.63, 3.8) is 0 Å². The number of ether oxygens (including phenoxy) is 1. The number of aromatic nitrogens is 1. The topological polar surface area (TPSA) is 115 Å². The molecular weight excluding hydrogens is 460 g/mol. The Hall–Kier alpha value is -3.06. The van der Waals surface area contributed by atoms with Crippen LogP contribution in [0, 0.1) is 11.2 Å². The molecule has 0 unspecified atom stereocenters. The second kappa shape index (κ2) is 11.5. The second-order valence-corrected chi connectivity index (χ2v) is 7.27. The highest BCUT2D eigenvalue weighted by atomic mass is 32.1. The molecule has 2 aromatic rings. The molecule has 2 rings (SSSR count). The van der Waals surface area contributed by atoms with Gasteiger partial charge in [0, 0.05) is 29.8 Å². The van der Waals surface area contributed by atoms with E-state index in [-0.39, 0.29) is 24.3 Å². The lowest BCUT2D eigenvalue weighted by molar-refractivity contribution is -0.153. The van der Waals surface area contributed by atoms with Gasteiger partial charge in [0.25, 0.3) is 5.56 Å². The molecule has 1 aromatic carbocycles. The zero-order valence-corrected chi connectivity index (χ0v) is 17.8. The van der Waals surface area contributed by atoms with Crippen LogP contribution in [0.15, 0.2) is 41.3 Å². The lowest BCUT2D eigenvalue weighted by Crippen LogP contribution is -2.36. The Morgan fingerprint density at radius 1 is 1.19 bits per heavy atom. The SMILES string of the molecule is CC(C)(CCn1cc(F)c(-c2ccc(OCC(F)(F)F)cc2)cc1=O)C(=O)NO.O=S=O. The minimum atomic E-state index is -4.47. The third kappa shape index (κ3) is 8.23. The second-order valence-electron chi connectivity index (χ2n) is 7.14. The van der Waals surface area contributed by atoms with Crippen molar-refractivity contribution in [2.75, 3.05) is 6.61 Å². The number of carbonyl (C=O) groups excluding carboxylic acids is 1. The molecular formula is C19H20F4N2O6S. The van der Waals surface area contributed by atoms with Crippen molar-refractivity contribution in [1.29, 1.82) is 0 Å². The highest BCUT2D eigenvalue weighted by Gasteiger charge is 2.28. The molecule has 0 radical (unpaired) electrons. The number of pyridine rings is 1. The Kier molecular flexibility index (Phi) is 9.72. The summed E-state index contributed by atoms with van der Waals surface area (Å²) >= 11 is -0.750. The number of alkyl halides is 3. The maximum atomic E-state index is 14.5. The number of aryl methyl sites for hydroxylation is 1. The van der Waals surface area contributed by atoms with Gasteiger partial charge in [0.15, 0.2) is 6.61 Å². The van der Waals surface area contributed by atoms with Gasteiger partial charge in [0.05, 0.1) is 0 Å². The molecule has 0 aliphatic rings. The fraction of sp³-hybridized carbons (Fsp3) is 0.368. The quantitative estimate of drug-likeness (QED) is 0.358. The fourth-order valence-electron chi connectivity index (χ4n) is 2.50. The minimum Gasteiger partial charge on any atom is -0.484 e. The Morgan fingerprint density at radius 3 is 2.25 bits per heavy atom. The van der Waals surface area contributed by atoms with Crippen LogP contribution in [0.2, 0.25) is 0 Å². The molecule has 2 N–H and O–H groups in total. The summed E-state index contributed by atoms with van der Waals surface area (Å²) in [5.41, 5.74) is 0.340. The van der Waals surface area contributed by atoms with E-state index in [0.29, 0.717) is 5.56 Å². The third-order valence-electron chi connectivity index (χ3n) is 4.34. The summed E-state index contributed by atoms with van der Waals surface area (Å²) in [5.74, 6) is -1.38. The minimum absolute atomic E-state index is 0.0130. The average molecular weight is 480 g/mol. The molecule has 1 heterocycles. The van der Waals surface area contributed by atoms with Gasteiger partial charge in [-0.05, 0) is 24.1 Å². The molecule has 0 spiro atoms. The molecule has 0 fully saturated rings. The first-order valence-electron chi connectivity index (χ1n) is 8.91. The smallest absolute Gasteiger partial charge is 0.422 e. The average Bonchev–Trinajstić information content (AvgIpc) is 2.72. The molecule has 1 aromatic heterocycles. The number of rotatable bonds is 7. The molecule has 0 aliphatic heterocycles. The number of halogens is 4. The van der Waals surface area contributed by atoms with Gasteiger partial charge in [-0.3, -0.25) is 14.8 Å². The van der Waals surface area contributed by atoms with Gasteiger partial charge >= 0.3 is 17.7 Å². The van der Waals surface area contributed by atoms with Gasteiger partial charge in [0.2, 0.25) is 5.91 Å². The molecule has 0 bridgehead atoms. The molecule has 13 heteroatoms. The predicted molar refractivity (Wildman–Crippen MR) is 105 cm³/mol. The van der Waals surface area contributed by atoms with Gasteiger partial charge in [0.1, 0.15) is 11.6 Å². The number of nitrogens with zero attached hydrogens (tertiary/aromatic N) is 1. The van der Waals surface area contributed by atoms with Crippen LogP contribution in [0.25, 0.3) is 11.1 Å². The molecule has 32 heavy (non-hydrogen) atoms. The van der Waals surface area contributed by atoms with Crippen LogP contribution in [0.4, 0.5) is 17.6 Å². The van der Waals surface area contributed by atoms with Crippen LogP contribution in [-0.2, 0) is 22.9 Å². The van der Waals surface area contributed by atoms with E-state index in [9.17, 15) is 27.2 Å². The summed E-state index contributed by atoms with van der Waals surface area (Å²) in [6, 6.07) is 6.27. The zero-order chi connectivity index (χ0) is 24.5. The summed E-state index contributed by atoms with van der Waals surface area (Å²) in [6.07, 6.45) is -3.30. The van der Waals surface area contributed by atoms with Crippen molar-refractivity contribution >= 4 is 17.5 Å². The Balaban J connectivity index is 0.00000161. The number of amides is 1. The summed E-state index contributed by atoms with van der Waals surface area (Å²) in [5, 5.41) is 8.73. The van der Waals surface area contributed by atoms with E-state index < -0.39 is 47.1 Å². The predicted octanol–water partition coefficient (Wildman–Crippen LogP) is 2.85. The molecule has 0 aliphatic carbocycles. The van der Waals surface area contributed by atoms with Crippen molar-refractivity contribution in [3.05, 3.63) is 52.7 Å². The molecule has 1 amide bonds. The number of carbonyl (C=O) groups is 1. The van der Waals surface area contributed by atoms with Gasteiger partial charge in [-0.15, -0.1) is 0 Å². The number of hydrogen-bond acceptors (Lipinski definition) is 6. The maximum Gasteiger partial charge on any atom is 0.422 e. The first kappa shape index (κ1) is 27.0. The van der Waals surface area contributed by atoms with E-state index in [1.807, 2.05) is 0 Å². The molecule has 0 saturated carbocycles. The van der Waals surface area contributed by atoms with Gasteiger partial charge in [-0.1, -0.05) is 26.0 Å². The van der Waals surface area contributed by atoms with Crippen LogP contribution in [0.1, 0.15) is 20.3 Å². The fourth-order valence-corrected chi connectivity index (χ4v) is 2.50. The van der Waals surface area contributed by atoms with Crippen LogP contribution >= 0.6 is 0 Å². The highest BCUT2D eigenvalue weighted by molar-refractivity contribution is 7.51. The lowest BCUT2D eigenvalue weighted by Gasteiger charge is -2.22. The van der Waals surface area contributed by atoms with Gasteiger partial charge in [-0.2, -0.15) is 21.6 Å². The molecule has 0 atom stereocenters. The van der Waals surface area contributed by atoms with Gasteiger partial charge < -0.3 is 9.30 Å². The van der Waals surface area contributed by atoms with E-state index in [1.54, 1.807) is 19.3 Å². The normalized spacial score (nSPS) is 11.2. The lowest BCUT2D eigenvalue weighted by atomic mass is 9.88. The van der Waals surface area contributed by atoms with Crippen molar-refractivity contribution < 1.29 is 40.7 Å². The van der Waals surface area contributed by atoms with Crippen molar-refractivity contribution in [2.45, 2.75) is 33.0 Å².